The van der Waals surface area contributed by atoms with E-state index < -0.39 is 0 Å². The van der Waals surface area contributed by atoms with Crippen molar-refractivity contribution in [1.29, 1.82) is 0 Å². The molecule has 1 fully saturated rings. The average Bonchev–Trinajstić information content (AvgIpc) is 2.60. The van der Waals surface area contributed by atoms with Crippen molar-refractivity contribution in [3.05, 3.63) is 29.3 Å². The van der Waals surface area contributed by atoms with Crippen LogP contribution < -0.4 is 5.32 Å². The van der Waals surface area contributed by atoms with Gasteiger partial charge in [-0.1, -0.05) is 53.9 Å². The van der Waals surface area contributed by atoms with E-state index in [4.69, 9.17) is 4.74 Å². The second kappa shape index (κ2) is 11.7. The van der Waals surface area contributed by atoms with Crippen LogP contribution in [0.4, 0.5) is 5.69 Å². The van der Waals surface area contributed by atoms with Crippen LogP contribution in [-0.2, 0) is 9.53 Å². The molecule has 1 N–H and O–H groups in total. The van der Waals surface area contributed by atoms with E-state index in [0.717, 1.165) is 17.2 Å². The fourth-order valence-corrected chi connectivity index (χ4v) is 2.76. The van der Waals surface area contributed by atoms with Gasteiger partial charge in [-0.25, -0.2) is 9.79 Å². The molecule has 162 valence electrons. The van der Waals surface area contributed by atoms with Gasteiger partial charge >= 0.3 is 5.97 Å². The van der Waals surface area contributed by atoms with Gasteiger partial charge in [0.1, 0.15) is 5.84 Å². The number of hydrogen-bond acceptors (Lipinski definition) is 4. The van der Waals surface area contributed by atoms with Crippen LogP contribution in [0.5, 0.6) is 0 Å². The molecule has 1 saturated carbocycles. The van der Waals surface area contributed by atoms with E-state index in [0.29, 0.717) is 30.8 Å². The Kier molecular flexibility index (Phi) is 10.1. The smallest absolute Gasteiger partial charge is 0.338 e. The summed E-state index contributed by atoms with van der Waals surface area (Å²) in [5, 5.41) is 2.88. The van der Waals surface area contributed by atoms with Gasteiger partial charge in [0.05, 0.1) is 17.9 Å². The summed E-state index contributed by atoms with van der Waals surface area (Å²) < 4.78 is 4.99. The zero-order chi connectivity index (χ0) is 22.0. The van der Waals surface area contributed by atoms with Crippen molar-refractivity contribution in [2.45, 2.75) is 80.6 Å². The molecule has 1 amide bonds. The van der Waals surface area contributed by atoms with Crippen LogP contribution in [0.1, 0.15) is 89.6 Å². The van der Waals surface area contributed by atoms with Gasteiger partial charge in [-0.05, 0) is 48.9 Å². The molecule has 0 atom stereocenters. The largest absolute Gasteiger partial charge is 0.462 e. The van der Waals surface area contributed by atoms with E-state index >= 15 is 0 Å². The van der Waals surface area contributed by atoms with Crippen molar-refractivity contribution in [1.82, 2.24) is 5.32 Å². The maximum absolute atomic E-state index is 12.1. The maximum Gasteiger partial charge on any atom is 0.338 e. The number of amidine groups is 1. The van der Waals surface area contributed by atoms with Crippen LogP contribution in [0.25, 0.3) is 0 Å². The van der Waals surface area contributed by atoms with E-state index in [1.807, 2.05) is 34.6 Å². The second-order valence-corrected chi connectivity index (χ2v) is 8.96. The van der Waals surface area contributed by atoms with Gasteiger partial charge in [0.25, 0.3) is 0 Å². The molecule has 0 spiro atoms. The molecule has 1 aliphatic carbocycles. The van der Waals surface area contributed by atoms with Crippen molar-refractivity contribution in [2.75, 3.05) is 6.61 Å². The molecule has 0 aromatic heterocycles. The van der Waals surface area contributed by atoms with Crippen LogP contribution in [-0.4, -0.2) is 24.3 Å². The quantitative estimate of drug-likeness (QED) is 0.375. The minimum atomic E-state index is -0.342. The molecular formula is C24H38N2O3. The fraction of sp³-hybridized carbons (Fsp3) is 0.625. The van der Waals surface area contributed by atoms with Gasteiger partial charge in [-0.2, -0.15) is 0 Å². The molecule has 29 heavy (non-hydrogen) atoms. The normalized spacial score (nSPS) is 14.4. The highest BCUT2D eigenvalue weighted by atomic mass is 16.5. The van der Waals surface area contributed by atoms with Crippen LogP contribution in [0.3, 0.4) is 0 Å². The van der Waals surface area contributed by atoms with Crippen LogP contribution >= 0.6 is 0 Å². The summed E-state index contributed by atoms with van der Waals surface area (Å²) in [6.45, 7) is 14.3. The number of aryl methyl sites for hydroxylation is 1. The van der Waals surface area contributed by atoms with Crippen LogP contribution in [0.2, 0.25) is 0 Å². The van der Waals surface area contributed by atoms with Gasteiger partial charge in [0.2, 0.25) is 5.91 Å². The first-order chi connectivity index (χ1) is 13.6. The molecule has 5 heteroatoms. The summed E-state index contributed by atoms with van der Waals surface area (Å²) in [7, 11) is 0. The first-order valence-electron chi connectivity index (χ1n) is 10.7. The zero-order valence-electron chi connectivity index (χ0n) is 19.2. The first kappa shape index (κ1) is 24.9. The molecule has 0 bridgehead atoms. The highest BCUT2D eigenvalue weighted by Gasteiger charge is 2.17. The Morgan fingerprint density at radius 1 is 1.21 bits per heavy atom. The fourth-order valence-electron chi connectivity index (χ4n) is 2.76. The van der Waals surface area contributed by atoms with E-state index in [1.54, 1.807) is 25.1 Å². The number of nitrogens with zero attached hydrogens (tertiary/aromatic N) is 1. The van der Waals surface area contributed by atoms with Crippen molar-refractivity contribution in [2.24, 2.45) is 16.3 Å². The Morgan fingerprint density at radius 3 is 2.24 bits per heavy atom. The lowest BCUT2D eigenvalue weighted by Crippen LogP contribution is -2.32. The number of carbonyl (C=O) groups is 2. The predicted molar refractivity (Wildman–Crippen MR) is 120 cm³/mol. The maximum atomic E-state index is 12.1. The van der Waals surface area contributed by atoms with Gasteiger partial charge in [-0.3, -0.25) is 4.79 Å². The molecule has 1 aromatic carbocycles. The number of nitrogens with one attached hydrogen (secondary N) is 1. The Hall–Kier alpha value is -2.17. The molecular weight excluding hydrogens is 364 g/mol. The molecule has 0 aliphatic heterocycles. The van der Waals surface area contributed by atoms with Gasteiger partial charge in [-0.15, -0.1) is 0 Å². The third kappa shape index (κ3) is 9.73. The predicted octanol–water partition coefficient (Wildman–Crippen LogP) is 5.97. The number of carbonyl (C=O) groups excluding carboxylic acids is 2. The van der Waals surface area contributed by atoms with E-state index in [1.165, 1.54) is 19.3 Å². The van der Waals surface area contributed by atoms with Crippen molar-refractivity contribution >= 4 is 23.4 Å². The molecule has 0 unspecified atom stereocenters. The monoisotopic (exact) mass is 402 g/mol. The lowest BCUT2D eigenvalue weighted by atomic mass is 9.88. The second-order valence-electron chi connectivity index (χ2n) is 8.96. The van der Waals surface area contributed by atoms with Gasteiger partial charge in [0.15, 0.2) is 0 Å². The van der Waals surface area contributed by atoms with Crippen LogP contribution in [0.15, 0.2) is 23.2 Å². The molecule has 0 heterocycles. The van der Waals surface area contributed by atoms with Crippen molar-refractivity contribution < 1.29 is 14.3 Å². The van der Waals surface area contributed by atoms with E-state index in [9.17, 15) is 9.59 Å². The minimum absolute atomic E-state index is 0.0381. The van der Waals surface area contributed by atoms with E-state index in [2.05, 4.69) is 17.2 Å². The summed E-state index contributed by atoms with van der Waals surface area (Å²) in [4.78, 5) is 28.3. The number of ether oxygens (including phenoxy) is 1. The third-order valence-corrected chi connectivity index (χ3v) is 4.67. The lowest BCUT2D eigenvalue weighted by molar-refractivity contribution is -0.121. The number of esters is 1. The van der Waals surface area contributed by atoms with E-state index in [-0.39, 0.29) is 17.3 Å². The summed E-state index contributed by atoms with van der Waals surface area (Å²) in [5.74, 6) is 1.31. The summed E-state index contributed by atoms with van der Waals surface area (Å²) in [5.41, 5.74) is 2.02. The standard InChI is InChI=1S/C19H28N2O3.C5H10/c1-7-16(21-17(22)12-19(4,5)6)20-15-10-9-14(11-13(15)3)18(23)24-8-2;1-5-3-2-4-5/h9-11H,7-8,12H2,1-6H3,(H,20,21,22);5H,2-4H2,1H3. The Morgan fingerprint density at radius 2 is 1.83 bits per heavy atom. The average molecular weight is 403 g/mol. The Labute approximate surface area is 176 Å². The Bertz CT molecular complexity index is 713. The first-order valence-corrected chi connectivity index (χ1v) is 10.7. The number of amides is 1. The molecule has 1 aromatic rings. The SMILES string of the molecule is CC1CCC1.CCOC(=O)c1ccc(N=C(CC)NC(=O)CC(C)(C)C)c(C)c1. The minimum Gasteiger partial charge on any atom is -0.462 e. The number of hydrogen-bond donors (Lipinski definition) is 1. The number of benzene rings is 1. The van der Waals surface area contributed by atoms with Crippen molar-refractivity contribution in [3.8, 4) is 0 Å². The molecule has 5 nitrogen and oxygen atoms in total. The summed E-state index contributed by atoms with van der Waals surface area (Å²) >= 11 is 0. The third-order valence-electron chi connectivity index (χ3n) is 4.67. The van der Waals surface area contributed by atoms with Crippen molar-refractivity contribution in [3.63, 3.8) is 0 Å². The molecule has 2 rings (SSSR count). The Balaban J connectivity index is 0.000000726. The number of rotatable bonds is 5. The van der Waals surface area contributed by atoms with Gasteiger partial charge < -0.3 is 10.1 Å². The zero-order valence-corrected chi connectivity index (χ0v) is 19.2. The summed E-state index contributed by atoms with van der Waals surface area (Å²) in [6, 6.07) is 5.21. The number of aliphatic imine (C=N–C) groups is 1. The molecule has 0 radical (unpaired) electrons. The van der Waals surface area contributed by atoms with Gasteiger partial charge in [0, 0.05) is 12.8 Å². The summed E-state index contributed by atoms with van der Waals surface area (Å²) in [6.07, 6.45) is 5.52. The molecule has 0 saturated heterocycles. The van der Waals surface area contributed by atoms with Crippen LogP contribution in [0, 0.1) is 18.3 Å². The highest BCUT2D eigenvalue weighted by Crippen LogP contribution is 2.24. The lowest BCUT2D eigenvalue weighted by Gasteiger charge is -2.18. The topological polar surface area (TPSA) is 67.8 Å². The molecule has 1 aliphatic rings. The highest BCUT2D eigenvalue weighted by molar-refractivity contribution is 5.99.